The van der Waals surface area contributed by atoms with Gasteiger partial charge < -0.3 is 15.5 Å². The second-order valence-corrected chi connectivity index (χ2v) is 8.11. The Morgan fingerprint density at radius 2 is 1.77 bits per heavy atom. The third kappa shape index (κ3) is 5.16. The minimum atomic E-state index is -0.172. The molecule has 2 amide bonds. The normalized spacial score (nSPS) is 19.1. The molecule has 2 heterocycles. The van der Waals surface area contributed by atoms with Crippen LogP contribution in [0.4, 0.5) is 0 Å². The van der Waals surface area contributed by atoms with Gasteiger partial charge in [-0.05, 0) is 48.9 Å². The Morgan fingerprint density at radius 1 is 1.07 bits per heavy atom. The maximum Gasteiger partial charge on any atom is 0.246 e. The summed E-state index contributed by atoms with van der Waals surface area (Å²) in [4.78, 5) is 27.2. The molecule has 5 heteroatoms. The number of benzene rings is 2. The monoisotopic (exact) mass is 403 g/mol. The molecule has 30 heavy (non-hydrogen) atoms. The number of hydrogen-bond donors (Lipinski definition) is 2. The van der Waals surface area contributed by atoms with Crippen LogP contribution in [-0.2, 0) is 29.1 Å². The molecule has 0 aromatic heterocycles. The fraction of sp³-hybridized carbons (Fsp3) is 0.360. The Morgan fingerprint density at radius 3 is 2.43 bits per heavy atom. The minimum absolute atomic E-state index is 0.0100. The molecule has 156 valence electrons. The number of aryl methyl sites for hydroxylation is 1. The summed E-state index contributed by atoms with van der Waals surface area (Å²) in [5.74, 6) is 0.0142. The van der Waals surface area contributed by atoms with Gasteiger partial charge in [-0.25, -0.2) is 0 Å². The van der Waals surface area contributed by atoms with Crippen molar-refractivity contribution in [1.82, 2.24) is 15.5 Å². The van der Waals surface area contributed by atoms with Crippen LogP contribution in [0.3, 0.4) is 0 Å². The molecule has 0 radical (unpaired) electrons. The molecule has 2 aromatic carbocycles. The maximum atomic E-state index is 12.7. The summed E-state index contributed by atoms with van der Waals surface area (Å²) in [6.45, 7) is 2.18. The van der Waals surface area contributed by atoms with Gasteiger partial charge in [-0.15, -0.1) is 0 Å². The van der Waals surface area contributed by atoms with Crippen molar-refractivity contribution in [3.05, 3.63) is 83.4 Å². The summed E-state index contributed by atoms with van der Waals surface area (Å²) in [5.41, 5.74) is 3.64. The van der Waals surface area contributed by atoms with Crippen LogP contribution in [0.2, 0.25) is 0 Å². The maximum absolute atomic E-state index is 12.7. The van der Waals surface area contributed by atoms with Crippen molar-refractivity contribution < 1.29 is 9.59 Å². The van der Waals surface area contributed by atoms with Crippen LogP contribution in [0, 0.1) is 0 Å². The highest BCUT2D eigenvalue weighted by Crippen LogP contribution is 2.22. The van der Waals surface area contributed by atoms with Crippen LogP contribution >= 0.6 is 0 Å². The summed E-state index contributed by atoms with van der Waals surface area (Å²) in [6, 6.07) is 18.1. The molecule has 5 nitrogen and oxygen atoms in total. The molecule has 1 saturated heterocycles. The predicted octanol–water partition coefficient (Wildman–Crippen LogP) is 2.95. The van der Waals surface area contributed by atoms with E-state index < -0.39 is 0 Å². The number of nitrogens with one attached hydrogen (secondary N) is 2. The van der Waals surface area contributed by atoms with Crippen molar-refractivity contribution in [3.8, 4) is 0 Å². The Bertz CT molecular complexity index is 879. The van der Waals surface area contributed by atoms with Crippen molar-refractivity contribution in [2.24, 2.45) is 0 Å². The first-order chi connectivity index (χ1) is 14.7. The molecule has 2 aliphatic rings. The standard InChI is InChI=1S/C25H29N3O2/c29-24(28-17-20-9-4-5-10-21(20)18-28)15-14-22(13-12-19-7-2-1-3-8-19)27-25(30)23-11-6-16-26-23/h1-5,7-10,14-15,22-23,26H,6,11-13,16-18H2,(H,27,30). The van der Waals surface area contributed by atoms with E-state index in [1.807, 2.05) is 41.3 Å². The number of nitrogens with zero attached hydrogens (tertiary/aromatic N) is 1. The van der Waals surface area contributed by atoms with E-state index in [1.54, 1.807) is 6.08 Å². The Balaban J connectivity index is 1.39. The first kappa shape index (κ1) is 20.4. The Hall–Kier alpha value is -2.92. The van der Waals surface area contributed by atoms with Crippen LogP contribution in [0.25, 0.3) is 0 Å². The molecule has 2 unspecified atom stereocenters. The van der Waals surface area contributed by atoms with Crippen molar-refractivity contribution >= 4 is 11.8 Å². The van der Waals surface area contributed by atoms with E-state index in [0.717, 1.165) is 32.2 Å². The highest BCUT2D eigenvalue weighted by Gasteiger charge is 2.24. The third-order valence-corrected chi connectivity index (χ3v) is 5.91. The molecule has 0 spiro atoms. The minimum Gasteiger partial charge on any atom is -0.349 e. The van der Waals surface area contributed by atoms with Gasteiger partial charge >= 0.3 is 0 Å². The second kappa shape index (κ2) is 9.72. The second-order valence-electron chi connectivity index (χ2n) is 8.11. The van der Waals surface area contributed by atoms with E-state index in [-0.39, 0.29) is 23.9 Å². The van der Waals surface area contributed by atoms with E-state index in [0.29, 0.717) is 13.1 Å². The lowest BCUT2D eigenvalue weighted by Crippen LogP contribution is -2.44. The van der Waals surface area contributed by atoms with Gasteiger partial charge in [-0.2, -0.15) is 0 Å². The average Bonchev–Trinajstić information content (AvgIpc) is 3.46. The number of fused-ring (bicyclic) bond motifs is 1. The van der Waals surface area contributed by atoms with E-state index in [4.69, 9.17) is 0 Å². The van der Waals surface area contributed by atoms with Crippen molar-refractivity contribution in [2.45, 2.75) is 50.9 Å². The van der Waals surface area contributed by atoms with Gasteiger partial charge in [0.25, 0.3) is 0 Å². The summed E-state index contributed by atoms with van der Waals surface area (Å²) >= 11 is 0. The SMILES string of the molecule is O=C(NC(C=CC(=O)N1Cc2ccccc2C1)CCc1ccccc1)C1CCCN1. The molecule has 2 N–H and O–H groups in total. The highest BCUT2D eigenvalue weighted by molar-refractivity contribution is 5.88. The number of amides is 2. The van der Waals surface area contributed by atoms with Crippen molar-refractivity contribution in [1.29, 1.82) is 0 Å². The van der Waals surface area contributed by atoms with E-state index >= 15 is 0 Å². The first-order valence-corrected chi connectivity index (χ1v) is 10.8. The molecule has 2 aliphatic heterocycles. The molecule has 2 aromatic rings. The molecule has 4 rings (SSSR count). The lowest BCUT2D eigenvalue weighted by atomic mass is 10.0. The van der Waals surface area contributed by atoms with Crippen LogP contribution in [0.15, 0.2) is 66.7 Å². The molecule has 2 atom stereocenters. The number of hydrogen-bond acceptors (Lipinski definition) is 3. The molecule has 0 bridgehead atoms. The van der Waals surface area contributed by atoms with Crippen molar-refractivity contribution in [3.63, 3.8) is 0 Å². The number of carbonyl (C=O) groups excluding carboxylic acids is 2. The zero-order chi connectivity index (χ0) is 20.8. The molecule has 0 saturated carbocycles. The summed E-state index contributed by atoms with van der Waals surface area (Å²) < 4.78 is 0. The predicted molar refractivity (Wildman–Crippen MR) is 118 cm³/mol. The van der Waals surface area contributed by atoms with Crippen LogP contribution < -0.4 is 10.6 Å². The van der Waals surface area contributed by atoms with E-state index in [9.17, 15) is 9.59 Å². The summed E-state index contributed by atoms with van der Waals surface area (Å²) in [5, 5.41) is 6.38. The number of rotatable bonds is 7. The summed E-state index contributed by atoms with van der Waals surface area (Å²) in [6.07, 6.45) is 6.98. The van der Waals surface area contributed by atoms with Gasteiger partial charge in [0.2, 0.25) is 11.8 Å². The topological polar surface area (TPSA) is 61.4 Å². The number of carbonyl (C=O) groups is 2. The highest BCUT2D eigenvalue weighted by atomic mass is 16.2. The van der Waals surface area contributed by atoms with Crippen LogP contribution in [-0.4, -0.2) is 35.3 Å². The fourth-order valence-electron chi connectivity index (χ4n) is 4.17. The van der Waals surface area contributed by atoms with Gasteiger partial charge in [0, 0.05) is 25.2 Å². The third-order valence-electron chi connectivity index (χ3n) is 5.91. The van der Waals surface area contributed by atoms with Crippen LogP contribution in [0.1, 0.15) is 36.0 Å². The zero-order valence-corrected chi connectivity index (χ0v) is 17.2. The lowest BCUT2D eigenvalue weighted by molar-refractivity contribution is -0.127. The zero-order valence-electron chi connectivity index (χ0n) is 17.2. The van der Waals surface area contributed by atoms with E-state index in [1.165, 1.54) is 16.7 Å². The molecule has 1 fully saturated rings. The van der Waals surface area contributed by atoms with Gasteiger partial charge in [-0.1, -0.05) is 60.7 Å². The fourth-order valence-corrected chi connectivity index (χ4v) is 4.17. The molecule has 0 aliphatic carbocycles. The van der Waals surface area contributed by atoms with Gasteiger partial charge in [0.05, 0.1) is 6.04 Å². The van der Waals surface area contributed by atoms with Gasteiger partial charge in [-0.3, -0.25) is 9.59 Å². The lowest BCUT2D eigenvalue weighted by Gasteiger charge is -2.19. The molecular weight excluding hydrogens is 374 g/mol. The van der Waals surface area contributed by atoms with Gasteiger partial charge in [0.15, 0.2) is 0 Å². The summed E-state index contributed by atoms with van der Waals surface area (Å²) in [7, 11) is 0. The Labute approximate surface area is 178 Å². The van der Waals surface area contributed by atoms with E-state index in [2.05, 4.69) is 34.9 Å². The van der Waals surface area contributed by atoms with Crippen molar-refractivity contribution in [2.75, 3.05) is 6.54 Å². The van der Waals surface area contributed by atoms with Crippen LogP contribution in [0.5, 0.6) is 0 Å². The first-order valence-electron chi connectivity index (χ1n) is 10.8. The van der Waals surface area contributed by atoms with Gasteiger partial charge in [0.1, 0.15) is 0 Å². The smallest absolute Gasteiger partial charge is 0.246 e. The molecular formula is C25H29N3O2. The largest absolute Gasteiger partial charge is 0.349 e. The Kier molecular flexibility index (Phi) is 6.60. The quantitative estimate of drug-likeness (QED) is 0.699. The average molecular weight is 404 g/mol.